The third-order valence-corrected chi connectivity index (χ3v) is 5.88. The summed E-state index contributed by atoms with van der Waals surface area (Å²) in [5.41, 5.74) is 5.18. The molecule has 0 aliphatic carbocycles. The summed E-state index contributed by atoms with van der Waals surface area (Å²) < 4.78 is 6.89. The lowest BCUT2D eigenvalue weighted by Crippen LogP contribution is -2.01. The molecule has 168 valence electrons. The lowest BCUT2D eigenvalue weighted by molar-refractivity contribution is 0.306. The number of nitrogens with one attached hydrogen (secondary N) is 2. The zero-order chi connectivity index (χ0) is 23.2. The molecule has 5 rings (SSSR count). The molecular weight excluding hydrogens is 488 g/mol. The molecule has 0 aliphatic heterocycles. The second-order valence-corrected chi connectivity index (χ2v) is 8.78. The Labute approximate surface area is 207 Å². The molecule has 34 heavy (non-hydrogen) atoms. The molecular formula is C28H23BrN4O. The number of fused-ring (bicyclic) bond motifs is 1. The maximum absolute atomic E-state index is 5.88. The van der Waals surface area contributed by atoms with Crippen molar-refractivity contribution in [2.75, 3.05) is 10.6 Å². The number of hydrogen-bond donors (Lipinski definition) is 2. The fourth-order valence-corrected chi connectivity index (χ4v) is 4.02. The predicted octanol–water partition coefficient (Wildman–Crippen LogP) is 7.33. The minimum atomic E-state index is 0.563. The first-order valence-corrected chi connectivity index (χ1v) is 11.8. The summed E-state index contributed by atoms with van der Waals surface area (Å²) in [7, 11) is 0. The molecule has 5 nitrogen and oxygen atoms in total. The third kappa shape index (κ3) is 5.53. The topological polar surface area (TPSA) is 59.1 Å². The molecule has 2 N–H and O–H groups in total. The van der Waals surface area contributed by atoms with E-state index in [-0.39, 0.29) is 0 Å². The molecule has 1 heterocycles. The van der Waals surface area contributed by atoms with E-state index in [0.29, 0.717) is 13.2 Å². The normalized spacial score (nSPS) is 10.7. The van der Waals surface area contributed by atoms with E-state index in [4.69, 9.17) is 4.74 Å². The van der Waals surface area contributed by atoms with Crippen molar-refractivity contribution in [3.05, 3.63) is 119 Å². The fourth-order valence-electron chi connectivity index (χ4n) is 3.62. The number of rotatable bonds is 8. The molecule has 0 unspecified atom stereocenters. The summed E-state index contributed by atoms with van der Waals surface area (Å²) in [4.78, 5) is 8.87. The van der Waals surface area contributed by atoms with Gasteiger partial charge < -0.3 is 15.4 Å². The van der Waals surface area contributed by atoms with Crippen molar-refractivity contribution in [2.45, 2.75) is 13.2 Å². The van der Waals surface area contributed by atoms with Gasteiger partial charge in [0.15, 0.2) is 0 Å². The highest BCUT2D eigenvalue weighted by Crippen LogP contribution is 2.27. The monoisotopic (exact) mass is 510 g/mol. The van der Waals surface area contributed by atoms with Crippen molar-refractivity contribution in [1.29, 1.82) is 0 Å². The number of aromatic nitrogens is 2. The summed E-state index contributed by atoms with van der Waals surface area (Å²) >= 11 is 3.51. The molecule has 0 fully saturated rings. The minimum Gasteiger partial charge on any atom is -0.489 e. The fraction of sp³-hybridized carbons (Fsp3) is 0.0714. The molecule has 4 aromatic carbocycles. The van der Waals surface area contributed by atoms with Crippen molar-refractivity contribution in [3.8, 4) is 5.75 Å². The zero-order valence-electron chi connectivity index (χ0n) is 18.4. The van der Waals surface area contributed by atoms with Gasteiger partial charge in [-0.2, -0.15) is 0 Å². The molecule has 0 spiro atoms. The minimum absolute atomic E-state index is 0.563. The first-order chi connectivity index (χ1) is 16.7. The Morgan fingerprint density at radius 3 is 2.41 bits per heavy atom. The maximum atomic E-state index is 5.88. The highest BCUT2D eigenvalue weighted by atomic mass is 79.9. The third-order valence-electron chi connectivity index (χ3n) is 5.39. The van der Waals surface area contributed by atoms with Gasteiger partial charge in [-0.15, -0.1) is 0 Å². The molecule has 0 bridgehead atoms. The van der Waals surface area contributed by atoms with Gasteiger partial charge in [-0.1, -0.05) is 64.5 Å². The summed E-state index contributed by atoms with van der Waals surface area (Å²) in [5.74, 6) is 1.63. The molecule has 6 heteroatoms. The Morgan fingerprint density at radius 2 is 1.59 bits per heavy atom. The Morgan fingerprint density at radius 1 is 0.735 bits per heavy atom. The smallest absolute Gasteiger partial charge is 0.141 e. The van der Waals surface area contributed by atoms with Gasteiger partial charge in [0.25, 0.3) is 0 Å². The zero-order valence-corrected chi connectivity index (χ0v) is 20.0. The van der Waals surface area contributed by atoms with E-state index < -0.39 is 0 Å². The number of nitrogens with zero attached hydrogens (tertiary/aromatic N) is 2. The van der Waals surface area contributed by atoms with Gasteiger partial charge in [0.1, 0.15) is 24.5 Å². The van der Waals surface area contributed by atoms with Gasteiger partial charge in [-0.05, 0) is 59.7 Å². The largest absolute Gasteiger partial charge is 0.489 e. The van der Waals surface area contributed by atoms with Crippen LogP contribution < -0.4 is 15.4 Å². The van der Waals surface area contributed by atoms with Crippen LogP contribution in [0, 0.1) is 0 Å². The Balaban J connectivity index is 1.25. The van der Waals surface area contributed by atoms with Crippen LogP contribution in [0.1, 0.15) is 11.1 Å². The van der Waals surface area contributed by atoms with Crippen LogP contribution in [0.5, 0.6) is 5.75 Å². The molecule has 0 amide bonds. The summed E-state index contributed by atoms with van der Waals surface area (Å²) in [6, 6.07) is 32.5. The quantitative estimate of drug-likeness (QED) is 0.229. The Hall–Kier alpha value is -3.90. The lowest BCUT2D eigenvalue weighted by Gasteiger charge is -2.12. The van der Waals surface area contributed by atoms with Crippen LogP contribution in [0.25, 0.3) is 10.9 Å². The average Bonchev–Trinajstić information content (AvgIpc) is 2.88. The highest BCUT2D eigenvalue weighted by molar-refractivity contribution is 9.10. The van der Waals surface area contributed by atoms with E-state index in [1.54, 1.807) is 6.33 Å². The predicted molar refractivity (Wildman–Crippen MR) is 142 cm³/mol. The van der Waals surface area contributed by atoms with Crippen LogP contribution in [0.2, 0.25) is 0 Å². The maximum Gasteiger partial charge on any atom is 0.141 e. The van der Waals surface area contributed by atoms with E-state index in [9.17, 15) is 0 Å². The average molecular weight is 511 g/mol. The van der Waals surface area contributed by atoms with Crippen LogP contribution in [0.3, 0.4) is 0 Å². The van der Waals surface area contributed by atoms with Crippen LogP contribution in [-0.2, 0) is 13.2 Å². The number of benzene rings is 4. The molecule has 0 aliphatic rings. The first kappa shape index (κ1) is 21.9. The SMILES string of the molecule is Brc1cccc(Nc2ncnc3ccc(NCc4ccc(OCc5ccccc5)cc4)cc23)c1. The molecule has 0 saturated heterocycles. The summed E-state index contributed by atoms with van der Waals surface area (Å²) in [6.07, 6.45) is 1.58. The number of anilines is 3. The molecule has 0 saturated carbocycles. The van der Waals surface area contributed by atoms with Crippen LogP contribution in [0.4, 0.5) is 17.2 Å². The number of hydrogen-bond acceptors (Lipinski definition) is 5. The highest BCUT2D eigenvalue weighted by Gasteiger charge is 2.06. The molecule has 0 radical (unpaired) electrons. The Kier molecular flexibility index (Phi) is 6.68. The van der Waals surface area contributed by atoms with Gasteiger partial charge in [-0.25, -0.2) is 9.97 Å². The summed E-state index contributed by atoms with van der Waals surface area (Å²) in [6.45, 7) is 1.26. The van der Waals surface area contributed by atoms with E-state index in [1.807, 2.05) is 66.7 Å². The van der Waals surface area contributed by atoms with Crippen LogP contribution in [0.15, 0.2) is 108 Å². The van der Waals surface area contributed by atoms with Gasteiger partial charge in [0.2, 0.25) is 0 Å². The standard InChI is InChI=1S/C28H23BrN4O/c29-22-7-4-8-24(15-22)33-28-26-16-23(11-14-27(26)31-19-32-28)30-17-20-9-12-25(13-10-20)34-18-21-5-2-1-3-6-21/h1-16,19,30H,17-18H2,(H,31,32,33). The number of halogens is 1. The van der Waals surface area contributed by atoms with Crippen LogP contribution >= 0.6 is 15.9 Å². The number of ether oxygens (including phenoxy) is 1. The van der Waals surface area contributed by atoms with E-state index in [1.165, 1.54) is 5.56 Å². The van der Waals surface area contributed by atoms with E-state index in [0.717, 1.165) is 43.9 Å². The van der Waals surface area contributed by atoms with Gasteiger partial charge in [0.05, 0.1) is 5.52 Å². The van der Waals surface area contributed by atoms with Crippen molar-refractivity contribution < 1.29 is 4.74 Å². The van der Waals surface area contributed by atoms with Crippen LogP contribution in [-0.4, -0.2) is 9.97 Å². The van der Waals surface area contributed by atoms with Gasteiger partial charge >= 0.3 is 0 Å². The second-order valence-electron chi connectivity index (χ2n) is 7.86. The van der Waals surface area contributed by atoms with Crippen molar-refractivity contribution in [3.63, 3.8) is 0 Å². The second kappa shape index (κ2) is 10.4. The Bertz CT molecular complexity index is 1390. The van der Waals surface area contributed by atoms with Crippen molar-refractivity contribution in [2.24, 2.45) is 0 Å². The van der Waals surface area contributed by atoms with Gasteiger partial charge in [0, 0.05) is 27.8 Å². The van der Waals surface area contributed by atoms with E-state index in [2.05, 4.69) is 66.9 Å². The molecule has 5 aromatic rings. The summed E-state index contributed by atoms with van der Waals surface area (Å²) in [5, 5.41) is 7.85. The molecule has 1 aromatic heterocycles. The van der Waals surface area contributed by atoms with Crippen molar-refractivity contribution in [1.82, 2.24) is 9.97 Å². The molecule has 0 atom stereocenters. The first-order valence-electron chi connectivity index (χ1n) is 11.0. The van der Waals surface area contributed by atoms with E-state index >= 15 is 0 Å². The lowest BCUT2D eigenvalue weighted by atomic mass is 10.1. The van der Waals surface area contributed by atoms with Crippen molar-refractivity contribution >= 4 is 44.0 Å². The van der Waals surface area contributed by atoms with Gasteiger partial charge in [-0.3, -0.25) is 0 Å².